The van der Waals surface area contributed by atoms with Crippen LogP contribution >= 0.6 is 0 Å². The van der Waals surface area contributed by atoms with E-state index in [0.717, 1.165) is 17.7 Å². The van der Waals surface area contributed by atoms with Crippen LogP contribution in [0.4, 0.5) is 0 Å². The summed E-state index contributed by atoms with van der Waals surface area (Å²) in [4.78, 5) is 38.7. The Morgan fingerprint density at radius 2 is 1.78 bits per heavy atom. The van der Waals surface area contributed by atoms with Crippen molar-refractivity contribution >= 4 is 17.8 Å². The van der Waals surface area contributed by atoms with Crippen LogP contribution in [-0.4, -0.2) is 52.6 Å². The van der Waals surface area contributed by atoms with Gasteiger partial charge in [-0.05, 0) is 52.5 Å². The average Bonchev–Trinajstić information content (AvgIpc) is 3.11. The fraction of sp³-hybridized carbons (Fsp3) is 0.812. The van der Waals surface area contributed by atoms with Gasteiger partial charge in [0.15, 0.2) is 0 Å². The molecular formula is C16H24N2O5. The third kappa shape index (κ3) is 1.86. The molecule has 5 atom stereocenters. The van der Waals surface area contributed by atoms with Gasteiger partial charge in [0.1, 0.15) is 6.04 Å². The van der Waals surface area contributed by atoms with Crippen LogP contribution in [0, 0.1) is 10.8 Å². The van der Waals surface area contributed by atoms with Crippen molar-refractivity contribution in [3.8, 4) is 0 Å². The second kappa shape index (κ2) is 5.27. The molecule has 0 unspecified atom stereocenters. The molecule has 23 heavy (non-hydrogen) atoms. The molecule has 0 radical (unpaired) electrons. The summed E-state index contributed by atoms with van der Waals surface area (Å²) >= 11 is 0. The Kier molecular flexibility index (Phi) is 3.76. The Morgan fingerprint density at radius 1 is 1.26 bits per heavy atom. The van der Waals surface area contributed by atoms with Gasteiger partial charge in [-0.1, -0.05) is 0 Å². The Labute approximate surface area is 135 Å². The molecule has 3 aliphatic rings. The minimum atomic E-state index is -1.14. The number of nitrogens with two attached hydrogens (primary N) is 1. The number of aliphatic carboxylic acids is 1. The number of amides is 2. The molecule has 7 nitrogen and oxygen atoms in total. The van der Waals surface area contributed by atoms with Crippen molar-refractivity contribution in [1.82, 2.24) is 4.90 Å². The molecule has 0 saturated carbocycles. The van der Waals surface area contributed by atoms with Crippen LogP contribution in [0.3, 0.4) is 0 Å². The van der Waals surface area contributed by atoms with Gasteiger partial charge < -0.3 is 15.6 Å². The molecule has 3 heterocycles. The van der Waals surface area contributed by atoms with Gasteiger partial charge in [-0.3, -0.25) is 14.5 Å². The van der Waals surface area contributed by atoms with Crippen LogP contribution in [0.1, 0.15) is 46.0 Å². The van der Waals surface area contributed by atoms with E-state index in [4.69, 9.17) is 10.5 Å². The zero-order valence-electron chi connectivity index (χ0n) is 13.6. The number of carboxylic acid groups (broad SMARTS) is 1. The summed E-state index contributed by atoms with van der Waals surface area (Å²) in [5.74, 6) is -1.92. The van der Waals surface area contributed by atoms with E-state index in [1.807, 2.05) is 0 Å². The summed E-state index contributed by atoms with van der Waals surface area (Å²) < 4.78 is 5.84. The van der Waals surface area contributed by atoms with Crippen LogP contribution in [0.2, 0.25) is 0 Å². The first kappa shape index (κ1) is 16.4. The summed E-state index contributed by atoms with van der Waals surface area (Å²) in [5.41, 5.74) is 3.55. The first-order valence-corrected chi connectivity index (χ1v) is 8.26. The molecule has 3 N–H and O–H groups in total. The van der Waals surface area contributed by atoms with E-state index in [1.54, 1.807) is 13.8 Å². The lowest BCUT2D eigenvalue weighted by molar-refractivity contribution is -0.158. The quantitative estimate of drug-likeness (QED) is 0.544. The normalized spacial score (nSPS) is 39.9. The lowest BCUT2D eigenvalue weighted by atomic mass is 9.59. The van der Waals surface area contributed by atoms with Gasteiger partial charge in [-0.2, -0.15) is 0 Å². The fourth-order valence-electron chi connectivity index (χ4n) is 4.60. The Morgan fingerprint density at radius 3 is 2.22 bits per heavy atom. The van der Waals surface area contributed by atoms with Crippen molar-refractivity contribution in [1.29, 1.82) is 0 Å². The van der Waals surface area contributed by atoms with E-state index in [1.165, 1.54) is 0 Å². The topological polar surface area (TPSA) is 110 Å². The maximum atomic E-state index is 13.0. The van der Waals surface area contributed by atoms with Crippen LogP contribution in [0.15, 0.2) is 0 Å². The van der Waals surface area contributed by atoms with Crippen molar-refractivity contribution in [2.24, 2.45) is 16.6 Å². The smallest absolute Gasteiger partial charge is 0.326 e. The van der Waals surface area contributed by atoms with E-state index < -0.39 is 34.7 Å². The highest BCUT2D eigenvalue weighted by Gasteiger charge is 2.77. The monoisotopic (exact) mass is 324 g/mol. The Hall–Kier alpha value is -1.47. The molecule has 0 aliphatic carbocycles. The molecular weight excluding hydrogens is 300 g/mol. The number of hydrogen-bond acceptors (Lipinski definition) is 5. The van der Waals surface area contributed by atoms with Gasteiger partial charge in [0.2, 0.25) is 11.8 Å². The van der Waals surface area contributed by atoms with Crippen molar-refractivity contribution < 1.29 is 24.2 Å². The van der Waals surface area contributed by atoms with E-state index in [9.17, 15) is 19.5 Å². The summed E-state index contributed by atoms with van der Waals surface area (Å²) in [6.45, 7) is 3.98. The maximum Gasteiger partial charge on any atom is 0.326 e. The van der Waals surface area contributed by atoms with Gasteiger partial charge >= 0.3 is 5.97 Å². The number of carbonyl (C=O) groups is 3. The van der Waals surface area contributed by atoms with E-state index >= 15 is 0 Å². The summed E-state index contributed by atoms with van der Waals surface area (Å²) in [6.07, 6.45) is 2.38. The zero-order valence-corrected chi connectivity index (χ0v) is 13.6. The minimum absolute atomic E-state index is 0.242. The number of unbranched alkanes of at least 4 members (excludes halogenated alkanes) is 1. The van der Waals surface area contributed by atoms with E-state index in [2.05, 4.69) is 0 Å². The molecule has 0 spiro atoms. The third-order valence-electron chi connectivity index (χ3n) is 6.24. The second-order valence-electron chi connectivity index (χ2n) is 7.21. The molecule has 128 valence electrons. The highest BCUT2D eigenvalue weighted by molar-refractivity contribution is 6.12. The van der Waals surface area contributed by atoms with E-state index in [0.29, 0.717) is 19.4 Å². The summed E-state index contributed by atoms with van der Waals surface area (Å²) in [5, 5.41) is 9.54. The second-order valence-corrected chi connectivity index (χ2v) is 7.21. The van der Waals surface area contributed by atoms with Gasteiger partial charge in [-0.25, -0.2) is 4.79 Å². The third-order valence-corrected chi connectivity index (χ3v) is 6.24. The first-order chi connectivity index (χ1) is 10.8. The van der Waals surface area contributed by atoms with Crippen LogP contribution in [0.5, 0.6) is 0 Å². The highest BCUT2D eigenvalue weighted by Crippen LogP contribution is 2.64. The molecule has 3 fully saturated rings. The van der Waals surface area contributed by atoms with Crippen LogP contribution in [0.25, 0.3) is 0 Å². The molecule has 3 rings (SSSR count). The highest BCUT2D eigenvalue weighted by atomic mass is 16.5. The van der Waals surface area contributed by atoms with Gasteiger partial charge in [0, 0.05) is 0 Å². The molecule has 3 saturated heterocycles. The minimum Gasteiger partial charge on any atom is -0.480 e. The predicted octanol–water partition coefficient (Wildman–Crippen LogP) is 0.511. The number of likely N-dealkylation sites (tertiary alicyclic amines) is 1. The first-order valence-electron chi connectivity index (χ1n) is 8.26. The number of hydrogen-bond donors (Lipinski definition) is 2. The van der Waals surface area contributed by atoms with Crippen LogP contribution in [-0.2, 0) is 19.1 Å². The lowest BCUT2D eigenvalue weighted by Crippen LogP contribution is -2.48. The van der Waals surface area contributed by atoms with Crippen LogP contribution < -0.4 is 5.73 Å². The average molecular weight is 324 g/mol. The number of carbonyl (C=O) groups excluding carboxylic acids is 2. The standard InChI is InChI=1S/C16H24N2O5/c1-15-10-6-7-11(23-10)16(15,2)14(22)18(13(15)21)9(12(19)20)5-3-4-8-17/h9-11H,3-8,17H2,1-2H3,(H,19,20)/t9-,10-,11+,15+,16-/m1/s1. The zero-order chi connectivity index (χ0) is 17.0. The Bertz CT molecular complexity index is 531. The molecule has 7 heteroatoms. The van der Waals surface area contributed by atoms with Crippen molar-refractivity contribution in [2.75, 3.05) is 6.54 Å². The molecule has 3 aliphatic heterocycles. The van der Waals surface area contributed by atoms with Gasteiger partial charge in [0.05, 0.1) is 23.0 Å². The fourth-order valence-corrected chi connectivity index (χ4v) is 4.60. The molecule has 0 aromatic carbocycles. The summed E-state index contributed by atoms with van der Waals surface area (Å²) in [7, 11) is 0. The van der Waals surface area contributed by atoms with Crippen molar-refractivity contribution in [3.05, 3.63) is 0 Å². The lowest BCUT2D eigenvalue weighted by Gasteiger charge is -2.36. The molecule has 2 bridgehead atoms. The van der Waals surface area contributed by atoms with Crippen molar-refractivity contribution in [3.63, 3.8) is 0 Å². The SMILES string of the molecule is C[C@@]12C(=O)N([C@H](CCCCN)C(=O)O)C(=O)[C@]1(C)[C@H]1CC[C@@H]2O1. The number of rotatable bonds is 6. The Balaban J connectivity index is 1.94. The maximum absolute atomic E-state index is 13.0. The van der Waals surface area contributed by atoms with E-state index in [-0.39, 0.29) is 18.6 Å². The number of imide groups is 1. The number of ether oxygens (including phenoxy) is 1. The summed E-state index contributed by atoms with van der Waals surface area (Å²) in [6, 6.07) is -1.11. The number of fused-ring (bicyclic) bond motifs is 5. The molecule has 0 aromatic rings. The number of carboxylic acids is 1. The van der Waals surface area contributed by atoms with Gasteiger partial charge in [0.25, 0.3) is 0 Å². The largest absolute Gasteiger partial charge is 0.480 e. The van der Waals surface area contributed by atoms with Gasteiger partial charge in [-0.15, -0.1) is 0 Å². The molecule has 0 aromatic heterocycles. The molecule has 2 amide bonds. The van der Waals surface area contributed by atoms with Crippen molar-refractivity contribution in [2.45, 2.75) is 64.2 Å². The number of nitrogens with zero attached hydrogens (tertiary/aromatic N) is 1. The predicted molar refractivity (Wildman–Crippen MR) is 80.3 cm³/mol.